The molecule has 0 aliphatic heterocycles. The zero-order chi connectivity index (χ0) is 7.44. The Morgan fingerprint density at radius 2 is 1.75 bits per heavy atom. The molecule has 0 bridgehead atoms. The summed E-state index contributed by atoms with van der Waals surface area (Å²) < 4.78 is 0. The summed E-state index contributed by atoms with van der Waals surface area (Å²) >= 11 is 0. The molecule has 8 heteroatoms. The van der Waals surface area contributed by atoms with Crippen LogP contribution in [0.3, 0.4) is 0 Å². The molecule has 0 fully saturated rings. The van der Waals surface area contributed by atoms with Gasteiger partial charge in [0.25, 0.3) is 0 Å². The Labute approximate surface area is 90.5 Å². The van der Waals surface area contributed by atoms with Gasteiger partial charge in [-0.2, -0.15) is 0 Å². The van der Waals surface area contributed by atoms with Gasteiger partial charge in [-0.3, -0.25) is 4.79 Å². The molecule has 1 atom stereocenters. The molecule has 68 valence electrons. The summed E-state index contributed by atoms with van der Waals surface area (Å²) in [5.74, 6) is -2.79. The third-order valence-corrected chi connectivity index (χ3v) is 0.697. The van der Waals surface area contributed by atoms with Crippen LogP contribution >= 0.6 is 0 Å². The average Bonchev–Trinajstić information content (AvgIpc) is 1.63. The number of hydrogen-bond acceptors (Lipinski definition) is 4. The van der Waals surface area contributed by atoms with E-state index in [1.165, 1.54) is 0 Å². The molecule has 12 heavy (non-hydrogen) atoms. The Morgan fingerprint density at radius 1 is 1.42 bits per heavy atom. The van der Waals surface area contributed by atoms with E-state index in [1.807, 2.05) is 0 Å². The first-order valence-corrected chi connectivity index (χ1v) is 2.22. The van der Waals surface area contributed by atoms with Crippen molar-refractivity contribution in [1.82, 2.24) is 0 Å². The van der Waals surface area contributed by atoms with Gasteiger partial charge in [0.1, 0.15) is 0 Å². The van der Waals surface area contributed by atoms with Crippen molar-refractivity contribution >= 4 is 11.9 Å². The molecule has 0 saturated heterocycles. The van der Waals surface area contributed by atoms with Gasteiger partial charge in [-0.15, -0.1) is 0 Å². The van der Waals surface area contributed by atoms with Crippen molar-refractivity contribution in [3.63, 3.8) is 0 Å². The van der Waals surface area contributed by atoms with Gasteiger partial charge >= 0.3 is 35.5 Å². The number of aliphatic carboxylic acids is 2. The molecule has 0 aliphatic rings. The van der Waals surface area contributed by atoms with Crippen molar-refractivity contribution in [3.8, 4) is 0 Å². The van der Waals surface area contributed by atoms with Gasteiger partial charge in [-0.25, -0.2) is 0 Å². The fourth-order valence-corrected chi connectivity index (χ4v) is 0.271. The second-order valence-electron chi connectivity index (χ2n) is 1.52. The van der Waals surface area contributed by atoms with Crippen LogP contribution in [-0.2, 0) is 9.59 Å². The van der Waals surface area contributed by atoms with Crippen molar-refractivity contribution < 1.29 is 60.3 Å². The molecule has 0 aromatic carbocycles. The Balaban J connectivity index is -0.000000107. The number of nitrogens with two attached hydrogens (primary N) is 1. The Bertz CT molecular complexity index is 140. The molecule has 0 saturated carbocycles. The fraction of sp³-hybridized carbons (Fsp3) is 0.500. The van der Waals surface area contributed by atoms with E-state index < -0.39 is 24.4 Å². The van der Waals surface area contributed by atoms with Crippen LogP contribution in [0, 0.1) is 0 Å². The van der Waals surface area contributed by atoms with Crippen molar-refractivity contribution in [2.24, 2.45) is 5.73 Å². The third kappa shape index (κ3) is 12.5. The molecular formula is C4H10NNaO6. The van der Waals surface area contributed by atoms with E-state index in [9.17, 15) is 14.7 Å². The molecule has 7 N–H and O–H groups in total. The van der Waals surface area contributed by atoms with Gasteiger partial charge in [0.15, 0.2) is 0 Å². The number of carbonyl (C=O) groups excluding carboxylic acids is 1. The van der Waals surface area contributed by atoms with E-state index in [4.69, 9.17) is 10.8 Å². The van der Waals surface area contributed by atoms with Crippen LogP contribution in [0.2, 0.25) is 0 Å². The number of carboxylic acid groups (broad SMARTS) is 2. The molecule has 0 unspecified atom stereocenters. The smallest absolute Gasteiger partial charge is 0.548 e. The number of carboxylic acids is 2. The van der Waals surface area contributed by atoms with Gasteiger partial charge in [0, 0.05) is 0 Å². The molecule has 7 nitrogen and oxygen atoms in total. The first-order valence-electron chi connectivity index (χ1n) is 2.22. The van der Waals surface area contributed by atoms with Crippen LogP contribution in [0.25, 0.3) is 0 Å². The van der Waals surface area contributed by atoms with Crippen molar-refractivity contribution in [2.75, 3.05) is 0 Å². The Kier molecular flexibility index (Phi) is 20.4. The van der Waals surface area contributed by atoms with Crippen LogP contribution in [0.4, 0.5) is 0 Å². The monoisotopic (exact) mass is 191 g/mol. The van der Waals surface area contributed by atoms with Crippen LogP contribution < -0.4 is 40.4 Å². The largest absolute Gasteiger partial charge is 1.00 e. The summed E-state index contributed by atoms with van der Waals surface area (Å²) in [6, 6.07) is -1.40. The van der Waals surface area contributed by atoms with Gasteiger partial charge in [-0.1, -0.05) is 0 Å². The van der Waals surface area contributed by atoms with Gasteiger partial charge in [0.2, 0.25) is 0 Å². The fourth-order valence-electron chi connectivity index (χ4n) is 0.271. The van der Waals surface area contributed by atoms with Crippen LogP contribution in [0.1, 0.15) is 6.42 Å². The maximum absolute atomic E-state index is 9.74. The summed E-state index contributed by atoms with van der Waals surface area (Å²) in [7, 11) is 0. The van der Waals surface area contributed by atoms with Crippen molar-refractivity contribution in [1.29, 1.82) is 0 Å². The molecular weight excluding hydrogens is 181 g/mol. The van der Waals surface area contributed by atoms with E-state index >= 15 is 0 Å². The van der Waals surface area contributed by atoms with E-state index in [1.54, 1.807) is 0 Å². The zero-order valence-corrected chi connectivity index (χ0v) is 8.53. The van der Waals surface area contributed by atoms with E-state index in [-0.39, 0.29) is 40.5 Å². The normalized spacial score (nSPS) is 9.42. The average molecular weight is 191 g/mol. The molecule has 0 spiro atoms. The van der Waals surface area contributed by atoms with Crippen LogP contribution in [0.5, 0.6) is 0 Å². The maximum Gasteiger partial charge on any atom is 1.00 e. The van der Waals surface area contributed by atoms with Crippen LogP contribution in [-0.4, -0.2) is 34.0 Å². The zero-order valence-electron chi connectivity index (χ0n) is 6.53. The van der Waals surface area contributed by atoms with Crippen LogP contribution in [0.15, 0.2) is 0 Å². The van der Waals surface area contributed by atoms with Gasteiger partial charge in [0.05, 0.1) is 18.4 Å². The second kappa shape index (κ2) is 10.8. The standard InChI is InChI=1S/C4H7NO4.Na.2H2O/c5-2(4(8)9)1-3(6)7;;;/h2H,1,5H2,(H,6,7)(H,8,9);;2*1H2/q;+1;;/p-1/t2-;;;/m0.../s1. The predicted molar refractivity (Wildman–Crippen MR) is 32.5 cm³/mol. The topological polar surface area (TPSA) is 166 Å². The quantitative estimate of drug-likeness (QED) is 0.422. The minimum Gasteiger partial charge on any atom is -0.548 e. The predicted octanol–water partition coefficient (Wildman–Crippen LogP) is -7.11. The second-order valence-corrected chi connectivity index (χ2v) is 1.52. The third-order valence-electron chi connectivity index (χ3n) is 0.697. The molecule has 0 rings (SSSR count). The minimum absolute atomic E-state index is 0. The maximum atomic E-state index is 9.74. The number of carbonyl (C=O) groups is 2. The molecule has 0 heterocycles. The Morgan fingerprint density at radius 3 is 1.83 bits per heavy atom. The summed E-state index contributed by atoms with van der Waals surface area (Å²) in [5.41, 5.74) is 4.77. The minimum atomic E-state index is -1.54. The molecule has 0 radical (unpaired) electrons. The summed E-state index contributed by atoms with van der Waals surface area (Å²) in [5, 5.41) is 17.7. The molecule has 0 aromatic rings. The van der Waals surface area contributed by atoms with E-state index in [0.717, 1.165) is 0 Å². The van der Waals surface area contributed by atoms with Crippen molar-refractivity contribution in [3.05, 3.63) is 0 Å². The first kappa shape index (κ1) is 22.6. The Hall–Kier alpha value is -0.180. The number of hydrogen-bond donors (Lipinski definition) is 2. The first-order chi connectivity index (χ1) is 4.04. The summed E-state index contributed by atoms with van der Waals surface area (Å²) in [6.07, 6.45) is -0.595. The summed E-state index contributed by atoms with van der Waals surface area (Å²) in [4.78, 5) is 19.5. The van der Waals surface area contributed by atoms with E-state index in [2.05, 4.69) is 0 Å². The molecule has 0 amide bonds. The molecule has 0 aliphatic carbocycles. The van der Waals surface area contributed by atoms with Gasteiger partial charge < -0.3 is 31.7 Å². The van der Waals surface area contributed by atoms with Crippen molar-refractivity contribution in [2.45, 2.75) is 12.5 Å². The SMILES string of the molecule is N[C@@H](CC(=O)O)C(=O)[O-].O.O.[Na+]. The van der Waals surface area contributed by atoms with Gasteiger partial charge in [-0.05, 0) is 0 Å². The molecule has 0 aromatic heterocycles. The summed E-state index contributed by atoms with van der Waals surface area (Å²) in [6.45, 7) is 0. The van der Waals surface area contributed by atoms with E-state index in [0.29, 0.717) is 0 Å². The number of rotatable bonds is 3.